The number of non-ortho nitro benzene ring substituents is 1. The van der Waals surface area contributed by atoms with Crippen LogP contribution < -0.4 is 14.4 Å². The molecule has 10 heteroatoms. The van der Waals surface area contributed by atoms with Crippen LogP contribution in [0.1, 0.15) is 5.56 Å². The predicted octanol–water partition coefficient (Wildman–Crippen LogP) is 3.91. The van der Waals surface area contributed by atoms with Crippen LogP contribution >= 0.6 is 24.0 Å². The maximum atomic E-state index is 12.9. The van der Waals surface area contributed by atoms with E-state index in [2.05, 4.69) is 0 Å². The van der Waals surface area contributed by atoms with Gasteiger partial charge in [-0.2, -0.15) is 5.26 Å². The number of thioether (sulfide) groups is 1. The molecule has 1 aliphatic rings. The predicted molar refractivity (Wildman–Crippen MR) is 113 cm³/mol. The van der Waals surface area contributed by atoms with E-state index in [1.807, 2.05) is 6.07 Å². The second-order valence-corrected chi connectivity index (χ2v) is 7.33. The Bertz CT molecular complexity index is 1080. The molecule has 3 rings (SSSR count). The van der Waals surface area contributed by atoms with E-state index in [9.17, 15) is 14.9 Å². The molecule has 0 saturated carbocycles. The number of nitro groups is 1. The van der Waals surface area contributed by atoms with Crippen molar-refractivity contribution in [2.45, 2.75) is 0 Å². The number of anilines is 1. The molecule has 0 N–H and O–H groups in total. The van der Waals surface area contributed by atoms with Crippen molar-refractivity contribution >= 4 is 51.7 Å². The first-order valence-corrected chi connectivity index (χ1v) is 9.37. The molecule has 1 fully saturated rings. The van der Waals surface area contributed by atoms with Gasteiger partial charge < -0.3 is 9.47 Å². The van der Waals surface area contributed by atoms with Gasteiger partial charge in [0.2, 0.25) is 0 Å². The lowest BCUT2D eigenvalue weighted by Crippen LogP contribution is -2.27. The second kappa shape index (κ2) is 8.72. The summed E-state index contributed by atoms with van der Waals surface area (Å²) in [4.78, 5) is 25.0. The van der Waals surface area contributed by atoms with Crippen molar-refractivity contribution in [1.82, 2.24) is 0 Å². The zero-order valence-corrected chi connectivity index (χ0v) is 16.7. The molecule has 1 aliphatic heterocycles. The number of nitriles is 1. The maximum Gasteiger partial charge on any atom is 0.271 e. The second-order valence-electron chi connectivity index (χ2n) is 5.65. The summed E-state index contributed by atoms with van der Waals surface area (Å²) in [5.41, 5.74) is 0.881. The fourth-order valence-corrected chi connectivity index (χ4v) is 3.89. The lowest BCUT2D eigenvalue weighted by molar-refractivity contribution is -0.384. The summed E-state index contributed by atoms with van der Waals surface area (Å²) in [6.07, 6.45) is 1.65. The van der Waals surface area contributed by atoms with E-state index in [1.165, 1.54) is 30.2 Å². The van der Waals surface area contributed by atoms with Crippen LogP contribution in [0.25, 0.3) is 6.08 Å². The monoisotopic (exact) mass is 427 g/mol. The minimum absolute atomic E-state index is 0.114. The van der Waals surface area contributed by atoms with Gasteiger partial charge in [0.15, 0.2) is 22.4 Å². The molecule has 0 radical (unpaired) electrons. The molecule has 146 valence electrons. The van der Waals surface area contributed by atoms with Crippen LogP contribution in [0.3, 0.4) is 0 Å². The Morgan fingerprint density at radius 2 is 2.10 bits per heavy atom. The number of thiocarbonyl (C=S) groups is 1. The number of amides is 1. The lowest BCUT2D eigenvalue weighted by atomic mass is 10.1. The molecular weight excluding hydrogens is 414 g/mol. The van der Waals surface area contributed by atoms with Gasteiger partial charge in [-0.15, -0.1) is 0 Å². The largest absolute Gasteiger partial charge is 0.493 e. The third-order valence-electron chi connectivity index (χ3n) is 3.87. The van der Waals surface area contributed by atoms with Crippen molar-refractivity contribution in [1.29, 1.82) is 5.26 Å². The molecule has 1 saturated heterocycles. The minimum atomic E-state index is -0.529. The number of nitrogens with zero attached hydrogens (tertiary/aromatic N) is 3. The Hall–Kier alpha value is -3.42. The quantitative estimate of drug-likeness (QED) is 0.296. The summed E-state index contributed by atoms with van der Waals surface area (Å²) in [5.74, 6) is 0.461. The van der Waals surface area contributed by atoms with E-state index in [-0.39, 0.29) is 22.5 Å². The molecule has 1 heterocycles. The number of methoxy groups -OCH3 is 1. The van der Waals surface area contributed by atoms with Crippen molar-refractivity contribution in [2.75, 3.05) is 18.6 Å². The number of nitro benzene ring substituents is 1. The Morgan fingerprint density at radius 3 is 2.79 bits per heavy atom. The topological polar surface area (TPSA) is 106 Å². The molecule has 0 spiro atoms. The van der Waals surface area contributed by atoms with Crippen molar-refractivity contribution in [3.8, 4) is 17.6 Å². The van der Waals surface area contributed by atoms with E-state index < -0.39 is 4.92 Å². The zero-order chi connectivity index (χ0) is 21.0. The van der Waals surface area contributed by atoms with Gasteiger partial charge in [-0.05, 0) is 29.8 Å². The summed E-state index contributed by atoms with van der Waals surface area (Å²) in [7, 11) is 1.47. The van der Waals surface area contributed by atoms with Crippen LogP contribution in [-0.2, 0) is 4.79 Å². The molecule has 0 aromatic heterocycles. The van der Waals surface area contributed by atoms with Gasteiger partial charge in [0, 0.05) is 12.1 Å². The first-order chi connectivity index (χ1) is 13.9. The summed E-state index contributed by atoms with van der Waals surface area (Å²) in [5, 5.41) is 19.6. The average Bonchev–Trinajstić information content (AvgIpc) is 2.99. The summed E-state index contributed by atoms with van der Waals surface area (Å²) >= 11 is 6.40. The fraction of sp³-hybridized carbons (Fsp3) is 0.105. The summed E-state index contributed by atoms with van der Waals surface area (Å²) in [6, 6.07) is 12.7. The fourth-order valence-electron chi connectivity index (χ4n) is 2.59. The van der Waals surface area contributed by atoms with E-state index in [0.29, 0.717) is 27.7 Å². The normalized spacial score (nSPS) is 14.8. The van der Waals surface area contributed by atoms with Crippen molar-refractivity contribution in [3.05, 3.63) is 63.0 Å². The third kappa shape index (κ3) is 4.37. The molecular formula is C19H13N3O5S2. The number of ether oxygens (including phenoxy) is 2. The van der Waals surface area contributed by atoms with Gasteiger partial charge >= 0.3 is 0 Å². The van der Waals surface area contributed by atoms with Crippen LogP contribution in [-0.4, -0.2) is 28.9 Å². The zero-order valence-electron chi connectivity index (χ0n) is 15.0. The lowest BCUT2D eigenvalue weighted by Gasteiger charge is -2.14. The van der Waals surface area contributed by atoms with Gasteiger partial charge in [0.05, 0.1) is 22.6 Å². The molecule has 1 amide bonds. The van der Waals surface area contributed by atoms with Crippen LogP contribution in [0.4, 0.5) is 11.4 Å². The highest BCUT2D eigenvalue weighted by atomic mass is 32.2. The van der Waals surface area contributed by atoms with Crippen molar-refractivity contribution in [2.24, 2.45) is 0 Å². The Kier molecular flexibility index (Phi) is 6.11. The first kappa shape index (κ1) is 20.3. The number of hydrogen-bond acceptors (Lipinski definition) is 8. The van der Waals surface area contributed by atoms with E-state index in [0.717, 1.165) is 11.8 Å². The molecule has 0 aliphatic carbocycles. The van der Waals surface area contributed by atoms with Gasteiger partial charge in [-0.3, -0.25) is 19.8 Å². The van der Waals surface area contributed by atoms with Gasteiger partial charge in [0.25, 0.3) is 11.6 Å². The number of hydrogen-bond donors (Lipinski definition) is 0. The smallest absolute Gasteiger partial charge is 0.271 e. The summed E-state index contributed by atoms with van der Waals surface area (Å²) in [6.45, 7) is -0.114. The van der Waals surface area contributed by atoms with Crippen LogP contribution in [0.2, 0.25) is 0 Å². The maximum absolute atomic E-state index is 12.9. The minimum Gasteiger partial charge on any atom is -0.493 e. The van der Waals surface area contributed by atoms with Gasteiger partial charge in [0.1, 0.15) is 6.07 Å². The third-order valence-corrected chi connectivity index (χ3v) is 5.17. The van der Waals surface area contributed by atoms with E-state index >= 15 is 0 Å². The Labute approximate surface area is 175 Å². The van der Waals surface area contributed by atoms with Crippen molar-refractivity contribution < 1.29 is 19.2 Å². The first-order valence-electron chi connectivity index (χ1n) is 8.15. The average molecular weight is 427 g/mol. The molecule has 2 aromatic carbocycles. The molecule has 0 bridgehead atoms. The highest BCUT2D eigenvalue weighted by molar-refractivity contribution is 8.27. The van der Waals surface area contributed by atoms with E-state index in [4.69, 9.17) is 27.0 Å². The van der Waals surface area contributed by atoms with E-state index in [1.54, 1.807) is 30.3 Å². The molecule has 29 heavy (non-hydrogen) atoms. The number of carbonyl (C=O) groups excluding carboxylic acids is 1. The molecule has 0 unspecified atom stereocenters. The highest BCUT2D eigenvalue weighted by Crippen LogP contribution is 2.38. The molecule has 8 nitrogen and oxygen atoms in total. The molecule has 2 aromatic rings. The standard InChI is InChI=1S/C19H13N3O5S2/c1-26-16-9-12(5-6-15(16)27-8-7-20)10-17-18(23)21(19(28)29-17)13-3-2-4-14(11-13)22(24)25/h2-6,9-11H,8H2,1H3/b17-10+. The SMILES string of the molecule is COc1cc(/C=C2/SC(=S)N(c3cccc([N+](=O)[O-])c3)C2=O)ccc1OCC#N. The molecule has 0 atom stereocenters. The van der Waals surface area contributed by atoms with Crippen LogP contribution in [0, 0.1) is 21.4 Å². The van der Waals surface area contributed by atoms with Crippen molar-refractivity contribution in [3.63, 3.8) is 0 Å². The summed E-state index contributed by atoms with van der Waals surface area (Å²) < 4.78 is 10.8. The van der Waals surface area contributed by atoms with Crippen LogP contribution in [0.15, 0.2) is 47.4 Å². The number of rotatable bonds is 6. The Morgan fingerprint density at radius 1 is 1.31 bits per heavy atom. The number of benzene rings is 2. The Balaban J connectivity index is 1.89. The van der Waals surface area contributed by atoms with Gasteiger partial charge in [-0.25, -0.2) is 0 Å². The highest BCUT2D eigenvalue weighted by Gasteiger charge is 2.34. The van der Waals surface area contributed by atoms with Crippen LogP contribution in [0.5, 0.6) is 11.5 Å². The number of carbonyl (C=O) groups is 1. The van der Waals surface area contributed by atoms with Gasteiger partial charge in [-0.1, -0.05) is 36.1 Å².